The smallest absolute Gasteiger partial charge is 0.0471 e. The minimum absolute atomic E-state index is 0.391. The molecular weight excluding hydrogens is 234 g/mol. The molecule has 2 heteroatoms. The summed E-state index contributed by atoms with van der Waals surface area (Å²) < 4.78 is 5.55. The van der Waals surface area contributed by atoms with Crippen LogP contribution < -0.4 is 5.32 Å². The van der Waals surface area contributed by atoms with E-state index in [2.05, 4.69) is 43.4 Å². The summed E-state index contributed by atoms with van der Waals surface area (Å²) >= 11 is 0. The molecule has 0 amide bonds. The SMILES string of the molecule is CCNCC1(Cc2ccc(CC)cc2)CCOCC1. The van der Waals surface area contributed by atoms with Crippen LogP contribution in [-0.2, 0) is 17.6 Å². The van der Waals surface area contributed by atoms with Gasteiger partial charge in [-0.05, 0) is 48.8 Å². The lowest BCUT2D eigenvalue weighted by Crippen LogP contribution is -2.40. The Morgan fingerprint density at radius 1 is 1.05 bits per heavy atom. The third kappa shape index (κ3) is 4.05. The van der Waals surface area contributed by atoms with Gasteiger partial charge in [0.1, 0.15) is 0 Å². The first-order valence-corrected chi connectivity index (χ1v) is 7.64. The molecule has 19 heavy (non-hydrogen) atoms. The van der Waals surface area contributed by atoms with Gasteiger partial charge in [0, 0.05) is 19.8 Å². The normalized spacial score (nSPS) is 18.4. The standard InChI is InChI=1S/C17H27NO/c1-3-15-5-7-16(8-6-15)13-17(14-18-4-2)9-11-19-12-10-17/h5-8,18H,3-4,9-14H2,1-2H3. The summed E-state index contributed by atoms with van der Waals surface area (Å²) in [6, 6.07) is 9.16. The van der Waals surface area contributed by atoms with Crippen molar-refractivity contribution in [2.24, 2.45) is 5.41 Å². The largest absolute Gasteiger partial charge is 0.381 e. The van der Waals surface area contributed by atoms with E-state index in [1.54, 1.807) is 0 Å². The van der Waals surface area contributed by atoms with Gasteiger partial charge in [0.25, 0.3) is 0 Å². The molecule has 2 rings (SSSR count). The Labute approximate surface area is 117 Å². The third-order valence-corrected chi connectivity index (χ3v) is 4.31. The van der Waals surface area contributed by atoms with E-state index in [1.807, 2.05) is 0 Å². The molecule has 2 nitrogen and oxygen atoms in total. The van der Waals surface area contributed by atoms with E-state index in [-0.39, 0.29) is 0 Å². The van der Waals surface area contributed by atoms with Crippen molar-refractivity contribution in [3.8, 4) is 0 Å². The molecular formula is C17H27NO. The van der Waals surface area contributed by atoms with Crippen molar-refractivity contribution in [1.29, 1.82) is 0 Å². The van der Waals surface area contributed by atoms with Crippen LogP contribution >= 0.6 is 0 Å². The van der Waals surface area contributed by atoms with Crippen molar-refractivity contribution in [3.63, 3.8) is 0 Å². The molecule has 1 aromatic rings. The number of hydrogen-bond acceptors (Lipinski definition) is 2. The van der Waals surface area contributed by atoms with Gasteiger partial charge in [-0.25, -0.2) is 0 Å². The number of hydrogen-bond donors (Lipinski definition) is 1. The first kappa shape index (κ1) is 14.5. The van der Waals surface area contributed by atoms with Crippen LogP contribution in [0.1, 0.15) is 37.8 Å². The Kier molecular flexibility index (Phi) is 5.41. The predicted octanol–water partition coefficient (Wildman–Crippen LogP) is 3.20. The molecule has 0 aromatic heterocycles. The second-order valence-corrected chi connectivity index (χ2v) is 5.74. The van der Waals surface area contributed by atoms with Crippen molar-refractivity contribution in [2.75, 3.05) is 26.3 Å². The lowest BCUT2D eigenvalue weighted by atomic mass is 9.75. The number of aryl methyl sites for hydroxylation is 1. The molecule has 0 unspecified atom stereocenters. The zero-order valence-electron chi connectivity index (χ0n) is 12.4. The maximum absolute atomic E-state index is 5.55. The second kappa shape index (κ2) is 7.06. The molecule has 0 atom stereocenters. The molecule has 1 aliphatic rings. The van der Waals surface area contributed by atoms with Gasteiger partial charge in [0.2, 0.25) is 0 Å². The first-order chi connectivity index (χ1) is 9.28. The highest BCUT2D eigenvalue weighted by Crippen LogP contribution is 2.33. The summed E-state index contributed by atoms with van der Waals surface area (Å²) in [7, 11) is 0. The van der Waals surface area contributed by atoms with Crippen LogP contribution in [0.5, 0.6) is 0 Å². The fourth-order valence-corrected chi connectivity index (χ4v) is 2.94. The first-order valence-electron chi connectivity index (χ1n) is 7.64. The molecule has 1 aromatic carbocycles. The average Bonchev–Trinajstić information content (AvgIpc) is 2.47. The fourth-order valence-electron chi connectivity index (χ4n) is 2.94. The summed E-state index contributed by atoms with van der Waals surface area (Å²) in [4.78, 5) is 0. The molecule has 106 valence electrons. The molecule has 1 fully saturated rings. The van der Waals surface area contributed by atoms with Crippen LogP contribution in [0.2, 0.25) is 0 Å². The monoisotopic (exact) mass is 261 g/mol. The van der Waals surface area contributed by atoms with Gasteiger partial charge in [-0.3, -0.25) is 0 Å². The number of benzene rings is 1. The van der Waals surface area contributed by atoms with Crippen LogP contribution in [0.4, 0.5) is 0 Å². The summed E-state index contributed by atoms with van der Waals surface area (Å²) in [6.45, 7) is 8.39. The van der Waals surface area contributed by atoms with E-state index in [9.17, 15) is 0 Å². The molecule has 0 aliphatic carbocycles. The van der Waals surface area contributed by atoms with Crippen molar-refractivity contribution >= 4 is 0 Å². The van der Waals surface area contributed by atoms with E-state index in [4.69, 9.17) is 4.74 Å². The van der Waals surface area contributed by atoms with Crippen molar-refractivity contribution < 1.29 is 4.74 Å². The number of nitrogens with one attached hydrogen (secondary N) is 1. The molecule has 1 saturated heterocycles. The Hall–Kier alpha value is -0.860. The van der Waals surface area contributed by atoms with Gasteiger partial charge >= 0.3 is 0 Å². The summed E-state index contributed by atoms with van der Waals surface area (Å²) in [5.74, 6) is 0. The average molecular weight is 261 g/mol. The van der Waals surface area contributed by atoms with Crippen LogP contribution in [0, 0.1) is 5.41 Å². The van der Waals surface area contributed by atoms with Crippen LogP contribution in [0.15, 0.2) is 24.3 Å². The molecule has 0 saturated carbocycles. The van der Waals surface area contributed by atoms with E-state index in [0.29, 0.717) is 5.41 Å². The fraction of sp³-hybridized carbons (Fsp3) is 0.647. The van der Waals surface area contributed by atoms with E-state index < -0.39 is 0 Å². The quantitative estimate of drug-likeness (QED) is 0.849. The zero-order valence-corrected chi connectivity index (χ0v) is 12.4. The zero-order chi connectivity index (χ0) is 13.6. The van der Waals surface area contributed by atoms with Gasteiger partial charge in [0.15, 0.2) is 0 Å². The minimum Gasteiger partial charge on any atom is -0.381 e. The molecule has 0 radical (unpaired) electrons. The summed E-state index contributed by atoms with van der Waals surface area (Å²) in [5.41, 5.74) is 3.29. The van der Waals surface area contributed by atoms with Gasteiger partial charge in [-0.15, -0.1) is 0 Å². The highest BCUT2D eigenvalue weighted by Gasteiger charge is 2.32. The maximum Gasteiger partial charge on any atom is 0.0471 e. The molecule has 1 aliphatic heterocycles. The topological polar surface area (TPSA) is 21.3 Å². The van der Waals surface area contributed by atoms with Crippen LogP contribution in [-0.4, -0.2) is 26.3 Å². The highest BCUT2D eigenvalue weighted by atomic mass is 16.5. The van der Waals surface area contributed by atoms with Gasteiger partial charge < -0.3 is 10.1 Å². The van der Waals surface area contributed by atoms with Crippen molar-refractivity contribution in [3.05, 3.63) is 35.4 Å². The summed E-state index contributed by atoms with van der Waals surface area (Å²) in [6.07, 6.45) is 4.65. The Bertz CT molecular complexity index is 365. The second-order valence-electron chi connectivity index (χ2n) is 5.74. The van der Waals surface area contributed by atoms with Crippen molar-refractivity contribution in [2.45, 2.75) is 39.5 Å². The molecule has 0 bridgehead atoms. The van der Waals surface area contributed by atoms with Gasteiger partial charge in [-0.1, -0.05) is 38.1 Å². The Morgan fingerprint density at radius 3 is 2.26 bits per heavy atom. The van der Waals surface area contributed by atoms with Gasteiger partial charge in [-0.2, -0.15) is 0 Å². The third-order valence-electron chi connectivity index (χ3n) is 4.31. The van der Waals surface area contributed by atoms with E-state index in [0.717, 1.165) is 32.7 Å². The highest BCUT2D eigenvalue weighted by molar-refractivity contribution is 5.23. The van der Waals surface area contributed by atoms with E-state index >= 15 is 0 Å². The van der Waals surface area contributed by atoms with Crippen LogP contribution in [0.3, 0.4) is 0 Å². The Morgan fingerprint density at radius 2 is 1.68 bits per heavy atom. The molecule has 0 spiro atoms. The minimum atomic E-state index is 0.391. The summed E-state index contributed by atoms with van der Waals surface area (Å²) in [5, 5.41) is 3.55. The van der Waals surface area contributed by atoms with Crippen molar-refractivity contribution in [1.82, 2.24) is 5.32 Å². The van der Waals surface area contributed by atoms with Gasteiger partial charge in [0.05, 0.1) is 0 Å². The maximum atomic E-state index is 5.55. The van der Waals surface area contributed by atoms with Crippen LogP contribution in [0.25, 0.3) is 0 Å². The predicted molar refractivity (Wildman–Crippen MR) is 80.6 cm³/mol. The molecule has 1 N–H and O–H groups in total. The number of ether oxygens (including phenoxy) is 1. The lowest BCUT2D eigenvalue weighted by Gasteiger charge is -2.37. The van der Waals surface area contributed by atoms with E-state index in [1.165, 1.54) is 30.4 Å². The Balaban J connectivity index is 2.05. The molecule has 1 heterocycles. The lowest BCUT2D eigenvalue weighted by molar-refractivity contribution is 0.0152. The number of rotatable bonds is 6.